The molecule has 10 nitrogen and oxygen atoms in total. The van der Waals surface area contributed by atoms with E-state index in [1.807, 2.05) is 26.0 Å². The summed E-state index contributed by atoms with van der Waals surface area (Å²) < 4.78 is 16.7. The molecule has 0 radical (unpaired) electrons. The molecular formula is C22H30N6O4. The minimum atomic E-state index is -0.264. The van der Waals surface area contributed by atoms with Crippen LogP contribution in [0.15, 0.2) is 30.7 Å². The van der Waals surface area contributed by atoms with Crippen LogP contribution in [0.3, 0.4) is 0 Å². The van der Waals surface area contributed by atoms with Crippen LogP contribution in [0.25, 0.3) is 0 Å². The Hall–Kier alpha value is -3.14. The van der Waals surface area contributed by atoms with Crippen LogP contribution in [0.5, 0.6) is 5.88 Å². The van der Waals surface area contributed by atoms with Crippen molar-refractivity contribution in [2.24, 2.45) is 0 Å². The summed E-state index contributed by atoms with van der Waals surface area (Å²) in [5.74, 6) is 2.08. The Morgan fingerprint density at radius 1 is 1.12 bits per heavy atom. The number of anilines is 3. The zero-order valence-corrected chi connectivity index (χ0v) is 18.6. The van der Waals surface area contributed by atoms with Gasteiger partial charge in [-0.2, -0.15) is 0 Å². The summed E-state index contributed by atoms with van der Waals surface area (Å²) in [6, 6.07) is 5.74. The molecule has 0 bridgehead atoms. The van der Waals surface area contributed by atoms with Gasteiger partial charge in [-0.25, -0.2) is 19.7 Å². The summed E-state index contributed by atoms with van der Waals surface area (Å²) in [4.78, 5) is 29.0. The smallest absolute Gasteiger partial charge is 0.410 e. The highest BCUT2D eigenvalue weighted by atomic mass is 16.6. The van der Waals surface area contributed by atoms with Crippen LogP contribution in [0, 0.1) is 0 Å². The Bertz CT molecular complexity index is 880. The third-order valence-electron chi connectivity index (χ3n) is 5.32. The number of aromatic nitrogens is 3. The molecule has 0 aromatic carbocycles. The van der Waals surface area contributed by atoms with Gasteiger partial charge < -0.3 is 29.3 Å². The first-order valence-electron chi connectivity index (χ1n) is 11.1. The number of amides is 1. The number of nitrogens with one attached hydrogen (secondary N) is 1. The van der Waals surface area contributed by atoms with Crippen LogP contribution in [-0.4, -0.2) is 77.5 Å². The van der Waals surface area contributed by atoms with Gasteiger partial charge in [-0.15, -0.1) is 0 Å². The number of ether oxygens (including phenoxy) is 3. The molecular weight excluding hydrogens is 412 g/mol. The normalized spacial score (nSPS) is 17.3. The molecule has 4 heterocycles. The van der Waals surface area contributed by atoms with Crippen molar-refractivity contribution >= 4 is 23.4 Å². The van der Waals surface area contributed by atoms with Crippen molar-refractivity contribution in [2.75, 3.05) is 49.6 Å². The van der Waals surface area contributed by atoms with Gasteiger partial charge in [-0.05, 0) is 26.0 Å². The second kappa shape index (κ2) is 10.4. The maximum atomic E-state index is 12.0. The van der Waals surface area contributed by atoms with Gasteiger partial charge in [0.2, 0.25) is 5.88 Å². The molecule has 172 valence electrons. The number of pyridine rings is 1. The zero-order valence-electron chi connectivity index (χ0n) is 18.6. The highest BCUT2D eigenvalue weighted by Gasteiger charge is 2.25. The van der Waals surface area contributed by atoms with E-state index in [4.69, 9.17) is 14.2 Å². The predicted molar refractivity (Wildman–Crippen MR) is 119 cm³/mol. The first kappa shape index (κ1) is 22.1. The first-order chi connectivity index (χ1) is 15.6. The summed E-state index contributed by atoms with van der Waals surface area (Å²) >= 11 is 0. The van der Waals surface area contributed by atoms with E-state index in [-0.39, 0.29) is 18.3 Å². The van der Waals surface area contributed by atoms with E-state index in [0.29, 0.717) is 24.8 Å². The predicted octanol–water partition coefficient (Wildman–Crippen LogP) is 2.84. The largest absolute Gasteiger partial charge is 0.474 e. The fourth-order valence-electron chi connectivity index (χ4n) is 3.66. The van der Waals surface area contributed by atoms with Crippen molar-refractivity contribution in [3.8, 4) is 5.88 Å². The van der Waals surface area contributed by atoms with Crippen LogP contribution >= 0.6 is 0 Å². The Morgan fingerprint density at radius 2 is 1.91 bits per heavy atom. The number of morpholine rings is 1. The first-order valence-corrected chi connectivity index (χ1v) is 11.1. The highest BCUT2D eigenvalue weighted by molar-refractivity contribution is 5.67. The lowest BCUT2D eigenvalue weighted by molar-refractivity contribution is 0.0507. The molecule has 10 heteroatoms. The van der Waals surface area contributed by atoms with E-state index in [1.165, 1.54) is 6.33 Å². The lowest BCUT2D eigenvalue weighted by Crippen LogP contribution is -2.42. The standard InChI is InChI=1S/C22H30N6O4/c1-16(2)31-22(29)28-7-5-18(6-8-28)32-21-13-19(24-15-25-21)26-17-3-4-20(23-14-17)27-9-11-30-12-10-27/h3-4,13-16,18H,5-12H2,1-2H3,(H,24,25,26). The van der Waals surface area contributed by atoms with E-state index < -0.39 is 0 Å². The minimum absolute atomic E-state index is 0.00433. The number of nitrogens with zero attached hydrogens (tertiary/aromatic N) is 5. The number of hydrogen-bond donors (Lipinski definition) is 1. The van der Waals surface area contributed by atoms with Crippen molar-refractivity contribution in [2.45, 2.75) is 38.9 Å². The number of carbonyl (C=O) groups is 1. The van der Waals surface area contributed by atoms with E-state index in [0.717, 1.165) is 50.7 Å². The van der Waals surface area contributed by atoms with Gasteiger partial charge in [0.15, 0.2) is 0 Å². The summed E-state index contributed by atoms with van der Waals surface area (Å²) in [7, 11) is 0. The molecule has 1 amide bonds. The van der Waals surface area contributed by atoms with Crippen LogP contribution in [-0.2, 0) is 9.47 Å². The van der Waals surface area contributed by atoms with Crippen LogP contribution in [0.1, 0.15) is 26.7 Å². The lowest BCUT2D eigenvalue weighted by Gasteiger charge is -2.31. The fourth-order valence-corrected chi connectivity index (χ4v) is 3.66. The van der Waals surface area contributed by atoms with E-state index >= 15 is 0 Å². The average Bonchev–Trinajstić information content (AvgIpc) is 2.80. The molecule has 0 aliphatic carbocycles. The minimum Gasteiger partial charge on any atom is -0.474 e. The maximum absolute atomic E-state index is 12.0. The average molecular weight is 443 g/mol. The van der Waals surface area contributed by atoms with Crippen LogP contribution < -0.4 is 15.0 Å². The number of hydrogen-bond acceptors (Lipinski definition) is 9. The fraction of sp³-hybridized carbons (Fsp3) is 0.545. The second-order valence-corrected chi connectivity index (χ2v) is 8.11. The molecule has 0 saturated carbocycles. The van der Waals surface area contributed by atoms with E-state index in [9.17, 15) is 4.79 Å². The summed E-state index contributed by atoms with van der Waals surface area (Å²) in [5.41, 5.74) is 0.837. The van der Waals surface area contributed by atoms with E-state index in [2.05, 4.69) is 25.2 Å². The molecule has 2 aliphatic rings. The molecule has 32 heavy (non-hydrogen) atoms. The highest BCUT2D eigenvalue weighted by Crippen LogP contribution is 2.22. The van der Waals surface area contributed by atoms with Gasteiger partial charge in [-0.3, -0.25) is 0 Å². The summed E-state index contributed by atoms with van der Waals surface area (Å²) in [6.45, 7) is 8.07. The third kappa shape index (κ3) is 5.97. The van der Waals surface area contributed by atoms with Gasteiger partial charge in [0.1, 0.15) is 24.1 Å². The molecule has 0 atom stereocenters. The zero-order chi connectivity index (χ0) is 22.3. The number of rotatable bonds is 6. The Kier molecular flexibility index (Phi) is 7.21. The van der Waals surface area contributed by atoms with Crippen LogP contribution in [0.2, 0.25) is 0 Å². The molecule has 0 spiro atoms. The Labute approximate surface area is 187 Å². The molecule has 0 unspecified atom stereocenters. The molecule has 1 N–H and O–H groups in total. The molecule has 2 saturated heterocycles. The second-order valence-electron chi connectivity index (χ2n) is 8.11. The van der Waals surface area contributed by atoms with Crippen molar-refractivity contribution in [1.29, 1.82) is 0 Å². The molecule has 2 aromatic rings. The van der Waals surface area contributed by atoms with Gasteiger partial charge in [0, 0.05) is 45.1 Å². The monoisotopic (exact) mass is 442 g/mol. The summed E-state index contributed by atoms with van der Waals surface area (Å²) in [6.07, 6.45) is 4.34. The van der Waals surface area contributed by atoms with Crippen molar-refractivity contribution < 1.29 is 19.0 Å². The SMILES string of the molecule is CC(C)OC(=O)N1CCC(Oc2cc(Nc3ccc(N4CCOCC4)nc3)ncn2)CC1. The molecule has 4 rings (SSSR count). The van der Waals surface area contributed by atoms with Crippen LogP contribution in [0.4, 0.5) is 22.1 Å². The maximum Gasteiger partial charge on any atom is 0.410 e. The number of piperidine rings is 1. The molecule has 2 fully saturated rings. The quantitative estimate of drug-likeness (QED) is 0.723. The van der Waals surface area contributed by atoms with Gasteiger partial charge in [-0.1, -0.05) is 0 Å². The Morgan fingerprint density at radius 3 is 2.59 bits per heavy atom. The van der Waals surface area contributed by atoms with Gasteiger partial charge in [0.05, 0.1) is 31.2 Å². The number of carbonyl (C=O) groups excluding carboxylic acids is 1. The van der Waals surface area contributed by atoms with Crippen molar-refractivity contribution in [1.82, 2.24) is 19.9 Å². The topological polar surface area (TPSA) is 102 Å². The van der Waals surface area contributed by atoms with E-state index in [1.54, 1.807) is 17.2 Å². The van der Waals surface area contributed by atoms with Crippen molar-refractivity contribution in [3.05, 3.63) is 30.7 Å². The Balaban J connectivity index is 1.29. The summed E-state index contributed by atoms with van der Waals surface area (Å²) in [5, 5.41) is 3.25. The number of likely N-dealkylation sites (tertiary alicyclic amines) is 1. The van der Waals surface area contributed by atoms with Gasteiger partial charge in [0.25, 0.3) is 0 Å². The lowest BCUT2D eigenvalue weighted by atomic mass is 10.1. The van der Waals surface area contributed by atoms with Gasteiger partial charge >= 0.3 is 6.09 Å². The molecule has 2 aromatic heterocycles. The molecule has 2 aliphatic heterocycles. The van der Waals surface area contributed by atoms with Crippen molar-refractivity contribution in [3.63, 3.8) is 0 Å². The third-order valence-corrected chi connectivity index (χ3v) is 5.32.